The van der Waals surface area contributed by atoms with Gasteiger partial charge in [-0.3, -0.25) is 9.67 Å². The van der Waals surface area contributed by atoms with Gasteiger partial charge in [-0.1, -0.05) is 6.92 Å². The lowest BCUT2D eigenvalue weighted by Gasteiger charge is -2.17. The van der Waals surface area contributed by atoms with Crippen LogP contribution in [-0.4, -0.2) is 21.8 Å². The van der Waals surface area contributed by atoms with Crippen LogP contribution in [0.15, 0.2) is 22.8 Å². The van der Waals surface area contributed by atoms with Crippen molar-refractivity contribution in [3.63, 3.8) is 0 Å². The second kappa shape index (κ2) is 6.50. The van der Waals surface area contributed by atoms with Gasteiger partial charge in [-0.05, 0) is 54.0 Å². The summed E-state index contributed by atoms with van der Waals surface area (Å²) in [6, 6.07) is 4.46. The zero-order valence-corrected chi connectivity index (χ0v) is 14.0. The third kappa shape index (κ3) is 3.10. The summed E-state index contributed by atoms with van der Waals surface area (Å²) in [6.07, 6.45) is 3.70. The third-order valence-corrected chi connectivity index (χ3v) is 4.49. The first-order chi connectivity index (χ1) is 9.56. The second-order valence-electron chi connectivity index (χ2n) is 4.96. The van der Waals surface area contributed by atoms with Crippen LogP contribution in [0.5, 0.6) is 0 Å². The Balaban J connectivity index is 2.29. The molecule has 2 rings (SSSR count). The molecule has 0 spiro atoms. The number of hydrogen-bond donors (Lipinski definition) is 1. The number of hydrogen-bond acceptors (Lipinski definition) is 3. The van der Waals surface area contributed by atoms with Gasteiger partial charge in [-0.25, -0.2) is 0 Å². The molecule has 0 fully saturated rings. The smallest absolute Gasteiger partial charge is 0.0766 e. The molecule has 108 valence electrons. The van der Waals surface area contributed by atoms with Crippen molar-refractivity contribution in [1.29, 1.82) is 0 Å². The van der Waals surface area contributed by atoms with Crippen LogP contribution in [-0.2, 0) is 19.9 Å². The lowest BCUT2D eigenvalue weighted by atomic mass is 10.0. The van der Waals surface area contributed by atoms with E-state index in [1.165, 1.54) is 11.3 Å². The summed E-state index contributed by atoms with van der Waals surface area (Å²) in [7, 11) is 4.00. The zero-order valence-electron chi connectivity index (χ0n) is 12.4. The maximum absolute atomic E-state index is 4.56. The van der Waals surface area contributed by atoms with E-state index >= 15 is 0 Å². The first-order valence-corrected chi connectivity index (χ1v) is 7.66. The van der Waals surface area contributed by atoms with E-state index in [0.29, 0.717) is 0 Å². The van der Waals surface area contributed by atoms with Crippen LogP contribution in [0.4, 0.5) is 0 Å². The molecule has 0 bridgehead atoms. The standard InChI is InChI=1S/C15H21BrN4/c1-5-12-15(16)14(20(4)19-12)9-13(17-3)11-6-7-18-10(2)8-11/h6-8,13,17H,5,9H2,1-4H3. The van der Waals surface area contributed by atoms with E-state index in [9.17, 15) is 0 Å². The van der Waals surface area contributed by atoms with Crippen LogP contribution < -0.4 is 5.32 Å². The molecule has 2 aromatic heterocycles. The van der Waals surface area contributed by atoms with Crippen molar-refractivity contribution >= 4 is 15.9 Å². The molecule has 0 aliphatic carbocycles. The van der Waals surface area contributed by atoms with Gasteiger partial charge in [-0.15, -0.1) is 0 Å². The molecule has 1 unspecified atom stereocenters. The molecule has 1 N–H and O–H groups in total. The number of halogens is 1. The number of likely N-dealkylation sites (N-methyl/N-ethyl adjacent to an activating group) is 1. The van der Waals surface area contributed by atoms with E-state index in [1.807, 2.05) is 31.9 Å². The van der Waals surface area contributed by atoms with Crippen LogP contribution in [0, 0.1) is 6.92 Å². The first-order valence-electron chi connectivity index (χ1n) is 6.86. The Morgan fingerprint density at radius 1 is 1.45 bits per heavy atom. The Morgan fingerprint density at radius 2 is 2.20 bits per heavy atom. The minimum Gasteiger partial charge on any atom is -0.313 e. The van der Waals surface area contributed by atoms with Gasteiger partial charge < -0.3 is 5.32 Å². The summed E-state index contributed by atoms with van der Waals surface area (Å²) < 4.78 is 3.11. The largest absolute Gasteiger partial charge is 0.313 e. The lowest BCUT2D eigenvalue weighted by molar-refractivity contribution is 0.559. The number of nitrogens with one attached hydrogen (secondary N) is 1. The fourth-order valence-electron chi connectivity index (χ4n) is 2.41. The number of aryl methyl sites for hydroxylation is 3. The number of aromatic nitrogens is 3. The SMILES string of the molecule is CCc1nn(C)c(CC(NC)c2ccnc(C)c2)c1Br. The summed E-state index contributed by atoms with van der Waals surface area (Å²) >= 11 is 3.68. The first kappa shape index (κ1) is 15.2. The number of pyridine rings is 1. The predicted octanol–water partition coefficient (Wildman–Crippen LogP) is 2.95. The molecular formula is C15H21BrN4. The van der Waals surface area contributed by atoms with Gasteiger partial charge in [0.15, 0.2) is 0 Å². The Bertz CT molecular complexity index is 592. The Morgan fingerprint density at radius 3 is 2.75 bits per heavy atom. The highest BCUT2D eigenvalue weighted by molar-refractivity contribution is 9.10. The highest BCUT2D eigenvalue weighted by Crippen LogP contribution is 2.26. The molecule has 0 amide bonds. The van der Waals surface area contributed by atoms with Crippen LogP contribution in [0.1, 0.15) is 35.6 Å². The van der Waals surface area contributed by atoms with Crippen molar-refractivity contribution in [2.45, 2.75) is 32.7 Å². The quantitative estimate of drug-likeness (QED) is 0.912. The molecule has 0 saturated heterocycles. The summed E-state index contributed by atoms with van der Waals surface area (Å²) in [5, 5.41) is 7.94. The zero-order chi connectivity index (χ0) is 14.7. The summed E-state index contributed by atoms with van der Waals surface area (Å²) in [5.41, 5.74) is 4.63. The molecular weight excluding hydrogens is 316 g/mol. The van der Waals surface area contributed by atoms with Crippen molar-refractivity contribution in [1.82, 2.24) is 20.1 Å². The van der Waals surface area contributed by atoms with Gasteiger partial charge in [-0.2, -0.15) is 5.10 Å². The molecule has 0 aliphatic rings. The van der Waals surface area contributed by atoms with Gasteiger partial charge in [0.2, 0.25) is 0 Å². The number of rotatable bonds is 5. The van der Waals surface area contributed by atoms with Gasteiger partial charge >= 0.3 is 0 Å². The van der Waals surface area contributed by atoms with Crippen LogP contribution in [0.25, 0.3) is 0 Å². The van der Waals surface area contributed by atoms with Gasteiger partial charge in [0.1, 0.15) is 0 Å². The van der Waals surface area contributed by atoms with Gasteiger partial charge in [0.05, 0.1) is 15.9 Å². The predicted molar refractivity (Wildman–Crippen MR) is 84.8 cm³/mol. The fraction of sp³-hybridized carbons (Fsp3) is 0.467. The fourth-order valence-corrected chi connectivity index (χ4v) is 3.18. The molecule has 2 aromatic rings. The molecule has 20 heavy (non-hydrogen) atoms. The van der Waals surface area contributed by atoms with Crippen LogP contribution >= 0.6 is 15.9 Å². The Labute approximate surface area is 128 Å². The summed E-state index contributed by atoms with van der Waals surface area (Å²) in [5.74, 6) is 0. The molecule has 0 radical (unpaired) electrons. The van der Waals surface area contributed by atoms with Crippen molar-refractivity contribution in [2.75, 3.05) is 7.05 Å². The third-order valence-electron chi connectivity index (χ3n) is 3.57. The minimum absolute atomic E-state index is 0.258. The topological polar surface area (TPSA) is 42.7 Å². The summed E-state index contributed by atoms with van der Waals surface area (Å²) in [4.78, 5) is 4.26. The van der Waals surface area contributed by atoms with Crippen molar-refractivity contribution in [3.05, 3.63) is 45.4 Å². The van der Waals surface area contributed by atoms with Gasteiger partial charge in [0.25, 0.3) is 0 Å². The highest BCUT2D eigenvalue weighted by Gasteiger charge is 2.18. The molecule has 2 heterocycles. The van der Waals surface area contributed by atoms with E-state index in [2.05, 4.69) is 50.4 Å². The Hall–Kier alpha value is -1.20. The average Bonchev–Trinajstić information content (AvgIpc) is 2.71. The summed E-state index contributed by atoms with van der Waals surface area (Å²) in [6.45, 7) is 4.14. The van der Waals surface area contributed by atoms with Crippen LogP contribution in [0.3, 0.4) is 0 Å². The molecule has 0 aromatic carbocycles. The highest BCUT2D eigenvalue weighted by atomic mass is 79.9. The normalized spacial score (nSPS) is 12.7. The van der Waals surface area contributed by atoms with E-state index in [4.69, 9.17) is 0 Å². The van der Waals surface area contributed by atoms with Crippen molar-refractivity contribution in [2.24, 2.45) is 7.05 Å². The monoisotopic (exact) mass is 336 g/mol. The van der Waals surface area contributed by atoms with Crippen molar-refractivity contribution < 1.29 is 0 Å². The van der Waals surface area contributed by atoms with Crippen molar-refractivity contribution in [3.8, 4) is 0 Å². The maximum Gasteiger partial charge on any atom is 0.0766 e. The Kier molecular flexibility index (Phi) is 4.94. The number of nitrogens with zero attached hydrogens (tertiary/aromatic N) is 3. The lowest BCUT2D eigenvalue weighted by Crippen LogP contribution is -2.20. The average molecular weight is 337 g/mol. The molecule has 0 aliphatic heterocycles. The van der Waals surface area contributed by atoms with E-state index in [1.54, 1.807) is 0 Å². The molecule has 5 heteroatoms. The minimum atomic E-state index is 0.258. The second-order valence-corrected chi connectivity index (χ2v) is 5.75. The van der Waals surface area contributed by atoms with E-state index in [-0.39, 0.29) is 6.04 Å². The molecule has 0 saturated carbocycles. The van der Waals surface area contributed by atoms with E-state index < -0.39 is 0 Å². The molecule has 4 nitrogen and oxygen atoms in total. The molecule has 1 atom stereocenters. The maximum atomic E-state index is 4.56. The van der Waals surface area contributed by atoms with Crippen LogP contribution in [0.2, 0.25) is 0 Å². The van der Waals surface area contributed by atoms with E-state index in [0.717, 1.165) is 28.7 Å². The van der Waals surface area contributed by atoms with Gasteiger partial charge in [0, 0.05) is 31.4 Å².